The summed E-state index contributed by atoms with van der Waals surface area (Å²) in [7, 11) is 0. The first-order valence-corrected chi connectivity index (χ1v) is 30.5. The van der Waals surface area contributed by atoms with Crippen LogP contribution in [0.2, 0.25) is 0 Å². The molecule has 26 heteroatoms. The highest BCUT2D eigenvalue weighted by molar-refractivity contribution is 7.80. The molecule has 8 rings (SSSR count). The van der Waals surface area contributed by atoms with E-state index < -0.39 is 72.4 Å². The van der Waals surface area contributed by atoms with Crippen LogP contribution < -0.4 is 26.8 Å². The van der Waals surface area contributed by atoms with Crippen molar-refractivity contribution in [3.8, 4) is 11.4 Å². The van der Waals surface area contributed by atoms with Gasteiger partial charge in [-0.15, -0.1) is 17.7 Å². The number of unbranched alkanes of at least 4 members (excludes halogenated alkanes) is 3. The topological polar surface area (TPSA) is 308 Å². The zero-order valence-electron chi connectivity index (χ0n) is 51.8. The van der Waals surface area contributed by atoms with E-state index in [1.54, 1.807) is 78.9 Å². The summed E-state index contributed by atoms with van der Waals surface area (Å²) in [5.41, 5.74) is 4.22. The first kappa shape index (κ1) is 67.1. The summed E-state index contributed by atoms with van der Waals surface area (Å²) in [6.45, 7) is 12.6. The third-order valence-corrected chi connectivity index (χ3v) is 15.3. The fourth-order valence-electron chi connectivity index (χ4n) is 10.5. The first-order chi connectivity index (χ1) is 43.0. The Labute approximate surface area is 526 Å². The number of esters is 1. The van der Waals surface area contributed by atoms with Crippen molar-refractivity contribution in [1.29, 1.82) is 0 Å². The average molecular weight is 1260 g/mol. The minimum Gasteiger partial charge on any atom is -0.458 e. The van der Waals surface area contributed by atoms with Crippen molar-refractivity contribution in [3.05, 3.63) is 129 Å². The summed E-state index contributed by atoms with van der Waals surface area (Å²) in [4.78, 5) is 119. The summed E-state index contributed by atoms with van der Waals surface area (Å²) in [6, 6.07) is 15.7. The molecule has 2 unspecified atom stereocenters. The smallest absolute Gasteiger partial charge is 0.458 e. The molecule has 4 aromatic heterocycles. The number of fused-ring (bicyclic) bond motifs is 5. The van der Waals surface area contributed by atoms with E-state index >= 15 is 0 Å². The number of allylic oxidation sites excluding steroid dienone is 1. The number of anilines is 1. The van der Waals surface area contributed by atoms with Gasteiger partial charge in [0.15, 0.2) is 5.16 Å². The molecule has 25 nitrogen and oxygen atoms in total. The van der Waals surface area contributed by atoms with Gasteiger partial charge in [0, 0.05) is 66.1 Å². The van der Waals surface area contributed by atoms with Gasteiger partial charge in [-0.2, -0.15) is 0 Å². The molecule has 2 atom stereocenters. The van der Waals surface area contributed by atoms with Crippen molar-refractivity contribution in [3.63, 3.8) is 0 Å². The van der Waals surface area contributed by atoms with Crippen molar-refractivity contribution >= 4 is 77.0 Å². The van der Waals surface area contributed by atoms with Crippen LogP contribution in [0.15, 0.2) is 89.2 Å². The average Bonchev–Trinajstić information content (AvgIpc) is 1.55. The van der Waals surface area contributed by atoms with Gasteiger partial charge in [-0.05, 0) is 95.7 Å². The second kappa shape index (κ2) is 31.0. The number of hydrogen-bond donors (Lipinski definition) is 5. The van der Waals surface area contributed by atoms with Crippen LogP contribution in [0, 0.1) is 0 Å². The number of para-hydroxylation sites is 1. The van der Waals surface area contributed by atoms with Crippen LogP contribution in [0.25, 0.3) is 28.4 Å². The molecule has 0 spiro atoms. The maximum Gasteiger partial charge on any atom is 0.509 e. The third-order valence-electron chi connectivity index (χ3n) is 15.1. The molecule has 2 aromatic carbocycles. The van der Waals surface area contributed by atoms with Gasteiger partial charge in [-0.25, -0.2) is 29.2 Å². The van der Waals surface area contributed by atoms with Crippen molar-refractivity contribution in [2.75, 3.05) is 38.2 Å². The molecule has 0 saturated carbocycles. The Kier molecular flexibility index (Phi) is 23.1. The van der Waals surface area contributed by atoms with Crippen molar-refractivity contribution in [2.24, 2.45) is 0 Å². The van der Waals surface area contributed by atoms with E-state index in [4.69, 9.17) is 28.7 Å². The Balaban J connectivity index is 0.727. The van der Waals surface area contributed by atoms with Crippen LogP contribution >= 0.6 is 12.6 Å². The van der Waals surface area contributed by atoms with Crippen molar-refractivity contribution in [2.45, 2.75) is 161 Å². The van der Waals surface area contributed by atoms with E-state index in [9.17, 15) is 38.4 Å². The number of cyclic esters (lactones) is 1. The van der Waals surface area contributed by atoms with E-state index in [2.05, 4.69) is 68.0 Å². The summed E-state index contributed by atoms with van der Waals surface area (Å²) in [5.74, 6) is -2.65. The molecule has 0 saturated heterocycles. The lowest BCUT2D eigenvalue weighted by molar-refractivity contribution is -0.159. The number of hydrogen-bond acceptors (Lipinski definition) is 19. The second-order valence-electron chi connectivity index (χ2n) is 23.5. The lowest BCUT2D eigenvalue weighted by Gasteiger charge is -2.32. The fourth-order valence-corrected chi connectivity index (χ4v) is 10.6. The number of nitrogens with zero attached hydrogens (tertiary/aromatic N) is 8. The molecule has 2 aliphatic rings. The summed E-state index contributed by atoms with van der Waals surface area (Å²) < 4.78 is 31.0. The zero-order valence-corrected chi connectivity index (χ0v) is 52.7. The normalized spacial score (nSPS) is 13.8. The maximum atomic E-state index is 14.2. The Hall–Kier alpha value is -8.88. The Bertz CT molecular complexity index is 3660. The highest BCUT2D eigenvalue weighted by Crippen LogP contribution is 2.39. The number of amides is 5. The largest absolute Gasteiger partial charge is 0.509 e. The van der Waals surface area contributed by atoms with Gasteiger partial charge >= 0.3 is 12.1 Å². The molecule has 4 N–H and O–H groups in total. The molecule has 6 aromatic rings. The number of carbonyl (C=O) groups is 7. The van der Waals surface area contributed by atoms with Gasteiger partial charge < -0.3 is 54.4 Å². The second-order valence-corrected chi connectivity index (χ2v) is 23.9. The van der Waals surface area contributed by atoms with Crippen LogP contribution in [0.5, 0.6) is 0 Å². The van der Waals surface area contributed by atoms with Crippen molar-refractivity contribution < 1.29 is 57.2 Å². The Morgan fingerprint density at radius 2 is 1.68 bits per heavy atom. The summed E-state index contributed by atoms with van der Waals surface area (Å²) in [6.07, 6.45) is 12.5. The van der Waals surface area contributed by atoms with E-state index in [1.165, 1.54) is 0 Å². The van der Waals surface area contributed by atoms with E-state index in [0.717, 1.165) is 47.8 Å². The molecule has 90 heavy (non-hydrogen) atoms. The predicted octanol–water partition coefficient (Wildman–Crippen LogP) is 6.87. The number of thiol groups is 1. The predicted molar refractivity (Wildman–Crippen MR) is 334 cm³/mol. The summed E-state index contributed by atoms with van der Waals surface area (Å²) in [5, 5.41) is 20.5. The number of carbonyl (C=O) groups excluding carboxylic acids is 7. The lowest BCUT2D eigenvalue weighted by atomic mass is 9.96. The van der Waals surface area contributed by atoms with E-state index in [0.29, 0.717) is 77.8 Å². The minimum atomic E-state index is -1.60. The molecule has 0 radical (unpaired) electrons. The molecular weight excluding hydrogens is 1180 g/mol. The van der Waals surface area contributed by atoms with Crippen LogP contribution in [0.1, 0.15) is 139 Å². The molecule has 6 heterocycles. The Morgan fingerprint density at radius 3 is 2.43 bits per heavy atom. The standard InChI is InChI=1S/C64H78N12O13S/c1-8-9-11-16-40(2)75(41(3)77)26-25-46-47-18-14-15-19-51(47)70-57-49(46)33-76-52(57)27-48-50(59(76)82)35-86-60(83)58(48)89-62(84)87-34-42-21-23-44(24-22-42)69-54(79)31-66-55(80)36-85-37-56(81)71-63(4,5)39-88-64(6,7)38-74-32-45(72-73-74)30-65-53(78)20-13-10-12-17-43-28-67-61(90)68-29-43/h12,14-15,17-19,21-24,27-29,32,40,58H,8-11,13,16,20,25-26,30-31,33-39H2,1-7H3,(H,65,78)(H,66,80)(H,69,79)(H,71,81)(H,67,68,90)/b17-12+. The minimum absolute atomic E-state index is 0.00537. The number of benzene rings is 2. The number of rotatable bonds is 31. The zero-order chi connectivity index (χ0) is 64.5. The van der Waals surface area contributed by atoms with Gasteiger partial charge in [0.1, 0.15) is 32.1 Å². The van der Waals surface area contributed by atoms with Crippen molar-refractivity contribution in [1.82, 2.24) is 55.4 Å². The molecule has 0 aliphatic carbocycles. The quantitative estimate of drug-likeness (QED) is 0.0128. The summed E-state index contributed by atoms with van der Waals surface area (Å²) >= 11 is 4.08. The molecule has 0 bridgehead atoms. The number of ether oxygens (including phenoxy) is 5. The molecular formula is C64H78N12O13S. The number of nitrogens with one attached hydrogen (secondary N) is 4. The highest BCUT2D eigenvalue weighted by atomic mass is 32.1. The Morgan fingerprint density at radius 1 is 0.922 bits per heavy atom. The van der Waals surface area contributed by atoms with Gasteiger partial charge in [0.05, 0.1) is 72.6 Å². The van der Waals surface area contributed by atoms with Gasteiger partial charge in [0.2, 0.25) is 35.6 Å². The maximum absolute atomic E-state index is 14.2. The van der Waals surface area contributed by atoms with Crippen LogP contribution in [-0.4, -0.2) is 131 Å². The molecule has 0 fully saturated rings. The van der Waals surface area contributed by atoms with Crippen LogP contribution in [0.4, 0.5) is 10.5 Å². The highest BCUT2D eigenvalue weighted by Gasteiger charge is 2.39. The third kappa shape index (κ3) is 18.8. The number of aromatic nitrogens is 7. The first-order valence-electron chi connectivity index (χ1n) is 30.0. The molecule has 478 valence electrons. The van der Waals surface area contributed by atoms with Crippen LogP contribution in [-0.2, 0) is 91.7 Å². The van der Waals surface area contributed by atoms with Gasteiger partial charge in [-0.3, -0.25) is 28.8 Å². The van der Waals surface area contributed by atoms with E-state index in [-0.39, 0.29) is 61.9 Å². The molecule has 5 amide bonds. The number of pyridine rings is 2. The fraction of sp³-hybridized carbons (Fsp3) is 0.453. The lowest BCUT2D eigenvalue weighted by Crippen LogP contribution is -2.50. The van der Waals surface area contributed by atoms with Crippen LogP contribution in [0.3, 0.4) is 0 Å². The molecule has 2 aliphatic heterocycles. The van der Waals surface area contributed by atoms with E-state index in [1.807, 2.05) is 55.2 Å². The monoisotopic (exact) mass is 1250 g/mol. The van der Waals surface area contributed by atoms with Gasteiger partial charge in [0.25, 0.3) is 5.56 Å². The van der Waals surface area contributed by atoms with Gasteiger partial charge in [-0.1, -0.05) is 73.9 Å². The SMILES string of the molecule is CCCCCC(C)N(CCc1c2c(nc3ccccc13)-c1cc3c(c(=O)n1C2)COC(=O)C3OC(=O)OCc1ccc(NC(=O)CNC(=O)COCC(=O)NC(C)(C)COC(C)(C)Cn2cc(CNC(=O)CCC/C=C/c3cnc(S)nc3)nn2)cc1)C(C)=O.